The third-order valence-corrected chi connectivity index (χ3v) is 16.0. The van der Waals surface area contributed by atoms with Crippen LogP contribution in [0.3, 0.4) is 0 Å². The van der Waals surface area contributed by atoms with Gasteiger partial charge < -0.3 is 33.8 Å². The molecule has 0 aliphatic rings. The number of carbonyl (C=O) groups is 4. The number of carbonyl (C=O) groups excluding carboxylic acids is 4. The van der Waals surface area contributed by atoms with Crippen LogP contribution in [0.25, 0.3) is 0 Å². The number of rotatable bonds is 59. The first kappa shape index (κ1) is 77.1. The van der Waals surface area contributed by atoms with E-state index in [0.29, 0.717) is 25.7 Å². The van der Waals surface area contributed by atoms with Crippen molar-refractivity contribution in [1.82, 2.24) is 0 Å². The van der Waals surface area contributed by atoms with Crippen LogP contribution in [-0.2, 0) is 65.4 Å². The molecule has 79 heavy (non-hydrogen) atoms. The van der Waals surface area contributed by atoms with Crippen LogP contribution < -0.4 is 0 Å². The molecular weight excluding hydrogens is 1050 g/mol. The second-order valence-corrected chi connectivity index (χ2v) is 25.4. The molecule has 6 atom stereocenters. The Hall–Kier alpha value is -1.94. The van der Waals surface area contributed by atoms with Gasteiger partial charge in [-0.25, -0.2) is 9.13 Å². The fraction of sp³-hybridized carbons (Fsp3) is 0.933. The summed E-state index contributed by atoms with van der Waals surface area (Å²) in [6.07, 6.45) is 33.7. The predicted molar refractivity (Wildman–Crippen MR) is 312 cm³/mol. The molecule has 468 valence electrons. The van der Waals surface area contributed by atoms with Crippen molar-refractivity contribution in [2.75, 3.05) is 39.6 Å². The highest BCUT2D eigenvalue weighted by Crippen LogP contribution is 2.45. The number of esters is 4. The number of phosphoric ester groups is 2. The highest BCUT2D eigenvalue weighted by molar-refractivity contribution is 7.47. The number of ether oxygens (including phenoxy) is 4. The quantitative estimate of drug-likeness (QED) is 0.0222. The first-order valence-electron chi connectivity index (χ1n) is 31.5. The van der Waals surface area contributed by atoms with Crippen LogP contribution in [0.5, 0.6) is 0 Å². The minimum absolute atomic E-state index is 0.103. The smallest absolute Gasteiger partial charge is 0.462 e. The SMILES string of the molecule is CCCCCCCCCC(=O)OC[C@H](COP(=O)(O)OC[C@H](O)COP(=O)(O)OC[C@@H](COC(=O)CCCCCCCCCCC(C)C)OC(=O)CCCCCCCCCCCCC(C)CC)OC(=O)CCCCCCCCC. The third-order valence-electron chi connectivity index (χ3n) is 14.1. The molecule has 0 aliphatic heterocycles. The summed E-state index contributed by atoms with van der Waals surface area (Å²) in [5.41, 5.74) is 0. The molecule has 3 unspecified atom stereocenters. The lowest BCUT2D eigenvalue weighted by Gasteiger charge is -2.21. The molecule has 0 amide bonds. The largest absolute Gasteiger partial charge is 0.472 e. The van der Waals surface area contributed by atoms with Gasteiger partial charge in [-0.15, -0.1) is 0 Å². The molecule has 0 saturated heterocycles. The fourth-order valence-corrected chi connectivity index (χ4v) is 10.4. The van der Waals surface area contributed by atoms with Crippen molar-refractivity contribution in [2.45, 2.75) is 310 Å². The van der Waals surface area contributed by atoms with Crippen LogP contribution >= 0.6 is 15.6 Å². The normalized spacial score (nSPS) is 14.8. The highest BCUT2D eigenvalue weighted by Gasteiger charge is 2.30. The molecule has 0 bridgehead atoms. The van der Waals surface area contributed by atoms with E-state index in [1.165, 1.54) is 83.5 Å². The fourth-order valence-electron chi connectivity index (χ4n) is 8.79. The monoisotopic (exact) mass is 1170 g/mol. The van der Waals surface area contributed by atoms with Gasteiger partial charge >= 0.3 is 39.5 Å². The standard InChI is InChI=1S/C60H116O17P2/c1-7-10-12-14-22-30-36-42-57(62)70-48-55(76-59(64)44-38-32-23-15-13-11-8-2)50-74-78(66,67)72-46-54(61)47-73-79(68,69)75-51-56(49-71-58(63)43-37-31-26-21-20-24-28-34-40-52(4)5)77-60(65)45-39-33-27-19-17-16-18-25-29-35-41-53(6)9-3/h52-56,61H,7-51H2,1-6H3,(H,66,67)(H,68,69)/t53?,54-,55+,56+/m0/s1. The Kier molecular flexibility index (Phi) is 51.5. The summed E-state index contributed by atoms with van der Waals surface area (Å²) in [5, 5.41) is 10.5. The Labute approximate surface area is 479 Å². The molecule has 0 aromatic carbocycles. The van der Waals surface area contributed by atoms with Crippen molar-refractivity contribution in [2.24, 2.45) is 11.8 Å². The Morgan fingerprint density at radius 3 is 0.962 bits per heavy atom. The van der Waals surface area contributed by atoms with E-state index in [2.05, 4.69) is 41.5 Å². The lowest BCUT2D eigenvalue weighted by molar-refractivity contribution is -0.161. The van der Waals surface area contributed by atoms with Gasteiger partial charge in [0.1, 0.15) is 19.3 Å². The predicted octanol–water partition coefficient (Wildman–Crippen LogP) is 16.1. The molecule has 3 N–H and O–H groups in total. The van der Waals surface area contributed by atoms with E-state index in [1.54, 1.807) is 0 Å². The van der Waals surface area contributed by atoms with Crippen LogP contribution in [0.4, 0.5) is 0 Å². The van der Waals surface area contributed by atoms with Gasteiger partial charge in [-0.1, -0.05) is 241 Å². The van der Waals surface area contributed by atoms with Gasteiger partial charge in [0, 0.05) is 25.7 Å². The zero-order chi connectivity index (χ0) is 58.7. The minimum atomic E-state index is -4.94. The van der Waals surface area contributed by atoms with Gasteiger partial charge in [-0.05, 0) is 37.5 Å². The van der Waals surface area contributed by atoms with Crippen molar-refractivity contribution in [3.63, 3.8) is 0 Å². The van der Waals surface area contributed by atoms with E-state index in [9.17, 15) is 43.2 Å². The lowest BCUT2D eigenvalue weighted by atomic mass is 9.99. The first-order valence-corrected chi connectivity index (χ1v) is 34.5. The number of unbranched alkanes of at least 4 members (excludes halogenated alkanes) is 28. The number of hydrogen-bond acceptors (Lipinski definition) is 15. The molecule has 0 aromatic heterocycles. The molecule has 0 radical (unpaired) electrons. The van der Waals surface area contributed by atoms with E-state index in [-0.39, 0.29) is 25.7 Å². The van der Waals surface area contributed by atoms with Crippen molar-refractivity contribution in [1.29, 1.82) is 0 Å². The maximum absolute atomic E-state index is 12.9. The van der Waals surface area contributed by atoms with Crippen molar-refractivity contribution in [3.05, 3.63) is 0 Å². The molecule has 17 nitrogen and oxygen atoms in total. The molecule has 0 aromatic rings. The van der Waals surface area contributed by atoms with Gasteiger partial charge in [0.05, 0.1) is 26.4 Å². The Bertz CT molecular complexity index is 1570. The second-order valence-electron chi connectivity index (χ2n) is 22.5. The van der Waals surface area contributed by atoms with E-state index in [0.717, 1.165) is 127 Å². The molecule has 0 rings (SSSR count). The maximum Gasteiger partial charge on any atom is 0.472 e. The van der Waals surface area contributed by atoms with Crippen LogP contribution in [0.1, 0.15) is 292 Å². The van der Waals surface area contributed by atoms with Crippen molar-refractivity contribution in [3.8, 4) is 0 Å². The third kappa shape index (κ3) is 53.8. The van der Waals surface area contributed by atoms with E-state index in [1.807, 2.05) is 0 Å². The molecule has 0 fully saturated rings. The van der Waals surface area contributed by atoms with Gasteiger partial charge in [-0.3, -0.25) is 37.3 Å². The zero-order valence-corrected chi connectivity index (χ0v) is 52.4. The summed E-state index contributed by atoms with van der Waals surface area (Å²) in [4.78, 5) is 71.8. The Balaban J connectivity index is 5.20. The van der Waals surface area contributed by atoms with E-state index in [4.69, 9.17) is 37.0 Å². The summed E-state index contributed by atoms with van der Waals surface area (Å²) < 4.78 is 67.6. The van der Waals surface area contributed by atoms with Crippen molar-refractivity contribution < 1.29 is 80.2 Å². The van der Waals surface area contributed by atoms with Gasteiger partial charge in [0.2, 0.25) is 0 Å². The van der Waals surface area contributed by atoms with Gasteiger partial charge in [0.25, 0.3) is 0 Å². The number of aliphatic hydroxyl groups excluding tert-OH is 1. The zero-order valence-electron chi connectivity index (χ0n) is 50.7. The summed E-state index contributed by atoms with van der Waals surface area (Å²) in [5.74, 6) is -0.619. The maximum atomic E-state index is 12.9. The summed E-state index contributed by atoms with van der Waals surface area (Å²) >= 11 is 0. The molecule has 0 spiro atoms. The Morgan fingerprint density at radius 1 is 0.367 bits per heavy atom. The van der Waals surface area contributed by atoms with Gasteiger partial charge in [-0.2, -0.15) is 0 Å². The van der Waals surface area contributed by atoms with Crippen LogP contribution in [0.15, 0.2) is 0 Å². The van der Waals surface area contributed by atoms with E-state index >= 15 is 0 Å². The molecule has 0 heterocycles. The van der Waals surface area contributed by atoms with Gasteiger partial charge in [0.15, 0.2) is 12.2 Å². The summed E-state index contributed by atoms with van der Waals surface area (Å²) in [6.45, 7) is 9.37. The molecule has 0 saturated carbocycles. The minimum Gasteiger partial charge on any atom is -0.462 e. The average molecular weight is 1170 g/mol. The second kappa shape index (κ2) is 52.8. The molecule has 19 heteroatoms. The lowest BCUT2D eigenvalue weighted by Crippen LogP contribution is -2.30. The summed E-state index contributed by atoms with van der Waals surface area (Å²) in [6, 6.07) is 0. The van der Waals surface area contributed by atoms with Crippen molar-refractivity contribution >= 4 is 39.5 Å². The number of aliphatic hydroxyl groups is 1. The summed E-state index contributed by atoms with van der Waals surface area (Å²) in [7, 11) is -9.87. The van der Waals surface area contributed by atoms with E-state index < -0.39 is 97.5 Å². The molecule has 0 aliphatic carbocycles. The van der Waals surface area contributed by atoms with Crippen LogP contribution in [-0.4, -0.2) is 96.7 Å². The average Bonchev–Trinajstić information content (AvgIpc) is 3.41. The first-order chi connectivity index (χ1) is 37.9. The van der Waals surface area contributed by atoms with Crippen LogP contribution in [0.2, 0.25) is 0 Å². The number of hydrogen-bond donors (Lipinski definition) is 3. The highest BCUT2D eigenvalue weighted by atomic mass is 31.2. The topological polar surface area (TPSA) is 237 Å². The van der Waals surface area contributed by atoms with Crippen LogP contribution in [0, 0.1) is 11.8 Å². The number of phosphoric acid groups is 2. The molecular formula is C60H116O17P2. The Morgan fingerprint density at radius 2 is 0.646 bits per heavy atom.